The zero-order valence-electron chi connectivity index (χ0n) is 12.5. The highest BCUT2D eigenvalue weighted by atomic mass is 16.2. The van der Waals surface area contributed by atoms with Crippen LogP contribution in [-0.4, -0.2) is 47.8 Å². The van der Waals surface area contributed by atoms with E-state index in [-0.39, 0.29) is 17.2 Å². The molecule has 0 aromatic heterocycles. The summed E-state index contributed by atoms with van der Waals surface area (Å²) in [6.45, 7) is 4.23. The summed E-state index contributed by atoms with van der Waals surface area (Å²) in [6.07, 6.45) is 3.01. The van der Waals surface area contributed by atoms with Crippen LogP contribution in [0.5, 0.6) is 0 Å². The van der Waals surface area contributed by atoms with Gasteiger partial charge in [0.1, 0.15) is 0 Å². The Labute approximate surface area is 125 Å². The van der Waals surface area contributed by atoms with Crippen LogP contribution < -0.4 is 0 Å². The normalized spacial score (nSPS) is 20.8. The molecule has 21 heavy (non-hydrogen) atoms. The van der Waals surface area contributed by atoms with E-state index >= 15 is 0 Å². The van der Waals surface area contributed by atoms with Crippen molar-refractivity contribution in [3.05, 3.63) is 35.9 Å². The molecule has 1 aromatic carbocycles. The SMILES string of the molecule is CC(=O)N1CCN(C(=O)C2(c3ccccc3)CCC2)CC1. The smallest absolute Gasteiger partial charge is 0.233 e. The highest BCUT2D eigenvalue weighted by Gasteiger charge is 2.47. The average molecular weight is 286 g/mol. The van der Waals surface area contributed by atoms with Crippen LogP contribution >= 0.6 is 0 Å². The van der Waals surface area contributed by atoms with E-state index in [1.807, 2.05) is 28.0 Å². The van der Waals surface area contributed by atoms with Crippen LogP contribution in [0.2, 0.25) is 0 Å². The quantitative estimate of drug-likeness (QED) is 0.832. The molecular weight excluding hydrogens is 264 g/mol. The Morgan fingerprint density at radius 3 is 2.00 bits per heavy atom. The van der Waals surface area contributed by atoms with Gasteiger partial charge in [0.2, 0.25) is 11.8 Å². The summed E-state index contributed by atoms with van der Waals surface area (Å²) in [7, 11) is 0. The Morgan fingerprint density at radius 1 is 0.952 bits per heavy atom. The van der Waals surface area contributed by atoms with E-state index in [4.69, 9.17) is 0 Å². The zero-order valence-corrected chi connectivity index (χ0v) is 12.5. The molecule has 0 bridgehead atoms. The number of piperazine rings is 1. The molecule has 0 N–H and O–H groups in total. The van der Waals surface area contributed by atoms with E-state index in [2.05, 4.69) is 12.1 Å². The molecule has 4 nitrogen and oxygen atoms in total. The second-order valence-electron chi connectivity index (χ2n) is 6.10. The second kappa shape index (κ2) is 5.51. The third kappa shape index (κ3) is 2.43. The molecule has 0 atom stereocenters. The minimum atomic E-state index is -0.306. The Kier molecular flexibility index (Phi) is 3.70. The highest BCUT2D eigenvalue weighted by Crippen LogP contribution is 2.45. The number of carbonyl (C=O) groups is 2. The summed E-state index contributed by atoms with van der Waals surface area (Å²) >= 11 is 0. The largest absolute Gasteiger partial charge is 0.339 e. The first-order chi connectivity index (χ1) is 10.1. The van der Waals surface area contributed by atoms with Crippen molar-refractivity contribution < 1.29 is 9.59 Å². The lowest BCUT2D eigenvalue weighted by atomic mass is 9.63. The van der Waals surface area contributed by atoms with Gasteiger partial charge < -0.3 is 9.80 Å². The van der Waals surface area contributed by atoms with Gasteiger partial charge in [0.15, 0.2) is 0 Å². The van der Waals surface area contributed by atoms with Crippen LogP contribution in [0.1, 0.15) is 31.7 Å². The van der Waals surface area contributed by atoms with Crippen molar-refractivity contribution in [3.8, 4) is 0 Å². The van der Waals surface area contributed by atoms with Gasteiger partial charge in [-0.05, 0) is 18.4 Å². The molecular formula is C17H22N2O2. The van der Waals surface area contributed by atoms with Crippen LogP contribution in [0.15, 0.2) is 30.3 Å². The first-order valence-electron chi connectivity index (χ1n) is 7.74. The molecule has 1 saturated carbocycles. The first-order valence-corrected chi connectivity index (χ1v) is 7.74. The third-order valence-corrected chi connectivity index (χ3v) is 4.96. The van der Waals surface area contributed by atoms with Crippen molar-refractivity contribution in [3.63, 3.8) is 0 Å². The van der Waals surface area contributed by atoms with Gasteiger partial charge in [-0.2, -0.15) is 0 Å². The predicted molar refractivity (Wildman–Crippen MR) is 80.8 cm³/mol. The predicted octanol–water partition coefficient (Wildman–Crippen LogP) is 1.80. The molecule has 0 radical (unpaired) electrons. The van der Waals surface area contributed by atoms with Crippen LogP contribution in [0.25, 0.3) is 0 Å². The van der Waals surface area contributed by atoms with Gasteiger partial charge in [-0.1, -0.05) is 36.8 Å². The van der Waals surface area contributed by atoms with Gasteiger partial charge in [-0.25, -0.2) is 0 Å². The van der Waals surface area contributed by atoms with Crippen molar-refractivity contribution in [1.82, 2.24) is 9.80 Å². The van der Waals surface area contributed by atoms with Crippen molar-refractivity contribution in [2.45, 2.75) is 31.6 Å². The minimum Gasteiger partial charge on any atom is -0.339 e. The van der Waals surface area contributed by atoms with Crippen molar-refractivity contribution >= 4 is 11.8 Å². The monoisotopic (exact) mass is 286 g/mol. The van der Waals surface area contributed by atoms with Crippen molar-refractivity contribution in [1.29, 1.82) is 0 Å². The molecule has 1 aromatic rings. The molecule has 0 unspecified atom stereocenters. The third-order valence-electron chi connectivity index (χ3n) is 4.96. The fourth-order valence-electron chi connectivity index (χ4n) is 3.44. The number of benzene rings is 1. The lowest BCUT2D eigenvalue weighted by molar-refractivity contribution is -0.145. The Morgan fingerprint density at radius 2 is 1.52 bits per heavy atom. The summed E-state index contributed by atoms with van der Waals surface area (Å²) in [4.78, 5) is 28.2. The van der Waals surface area contributed by atoms with E-state index < -0.39 is 0 Å². The summed E-state index contributed by atoms with van der Waals surface area (Å²) in [5, 5.41) is 0. The number of nitrogens with zero attached hydrogens (tertiary/aromatic N) is 2. The molecule has 2 aliphatic rings. The molecule has 0 spiro atoms. The maximum atomic E-state index is 13.0. The molecule has 2 fully saturated rings. The number of hydrogen-bond donors (Lipinski definition) is 0. The van der Waals surface area contributed by atoms with Gasteiger partial charge >= 0.3 is 0 Å². The Hall–Kier alpha value is -1.84. The number of carbonyl (C=O) groups excluding carboxylic acids is 2. The fourth-order valence-corrected chi connectivity index (χ4v) is 3.44. The van der Waals surface area contributed by atoms with Gasteiger partial charge in [0.05, 0.1) is 5.41 Å². The Bertz CT molecular complexity index is 529. The number of rotatable bonds is 2. The zero-order chi connectivity index (χ0) is 14.9. The Balaban J connectivity index is 1.74. The minimum absolute atomic E-state index is 0.100. The van der Waals surface area contributed by atoms with Crippen LogP contribution in [0.3, 0.4) is 0 Å². The maximum Gasteiger partial charge on any atom is 0.233 e. The molecule has 1 aliphatic carbocycles. The van der Waals surface area contributed by atoms with Crippen molar-refractivity contribution in [2.75, 3.05) is 26.2 Å². The van der Waals surface area contributed by atoms with Crippen molar-refractivity contribution in [2.24, 2.45) is 0 Å². The van der Waals surface area contributed by atoms with E-state index in [1.54, 1.807) is 6.92 Å². The highest BCUT2D eigenvalue weighted by molar-refractivity contribution is 5.89. The number of amides is 2. The lowest BCUT2D eigenvalue weighted by Crippen LogP contribution is -2.57. The summed E-state index contributed by atoms with van der Waals surface area (Å²) in [6, 6.07) is 10.2. The molecule has 4 heteroatoms. The molecule has 2 amide bonds. The molecule has 3 rings (SSSR count). The molecule has 1 saturated heterocycles. The standard InChI is InChI=1S/C17H22N2O2/c1-14(20)18-10-12-19(13-11-18)16(21)17(8-5-9-17)15-6-3-2-4-7-15/h2-4,6-7H,5,8-13H2,1H3. The van der Waals surface area contributed by atoms with Gasteiger partial charge in [-0.3, -0.25) is 9.59 Å². The lowest BCUT2D eigenvalue weighted by Gasteiger charge is -2.46. The molecule has 1 aliphatic heterocycles. The van der Waals surface area contributed by atoms with E-state index in [0.717, 1.165) is 24.8 Å². The molecule has 1 heterocycles. The van der Waals surface area contributed by atoms with Crippen LogP contribution in [0, 0.1) is 0 Å². The van der Waals surface area contributed by atoms with E-state index in [9.17, 15) is 9.59 Å². The van der Waals surface area contributed by atoms with Crippen LogP contribution in [0.4, 0.5) is 0 Å². The fraction of sp³-hybridized carbons (Fsp3) is 0.529. The maximum absolute atomic E-state index is 13.0. The first kappa shape index (κ1) is 14.1. The van der Waals surface area contributed by atoms with Crippen LogP contribution in [-0.2, 0) is 15.0 Å². The summed E-state index contributed by atoms with van der Waals surface area (Å²) in [5.74, 6) is 0.353. The van der Waals surface area contributed by atoms with E-state index in [1.165, 1.54) is 0 Å². The average Bonchev–Trinajstić information content (AvgIpc) is 2.47. The van der Waals surface area contributed by atoms with Gasteiger partial charge in [-0.15, -0.1) is 0 Å². The second-order valence-corrected chi connectivity index (χ2v) is 6.10. The topological polar surface area (TPSA) is 40.6 Å². The summed E-state index contributed by atoms with van der Waals surface area (Å²) in [5.41, 5.74) is 0.842. The molecule has 112 valence electrons. The van der Waals surface area contributed by atoms with Gasteiger partial charge in [0.25, 0.3) is 0 Å². The summed E-state index contributed by atoms with van der Waals surface area (Å²) < 4.78 is 0. The van der Waals surface area contributed by atoms with Gasteiger partial charge in [0, 0.05) is 33.1 Å². The van der Waals surface area contributed by atoms with E-state index in [0.29, 0.717) is 26.2 Å². The number of hydrogen-bond acceptors (Lipinski definition) is 2.